The van der Waals surface area contributed by atoms with E-state index >= 15 is 0 Å². The third-order valence-corrected chi connectivity index (χ3v) is 5.42. The fourth-order valence-electron chi connectivity index (χ4n) is 3.88. The van der Waals surface area contributed by atoms with Gasteiger partial charge in [-0.15, -0.1) is 0 Å². The zero-order valence-electron chi connectivity index (χ0n) is 15.9. The number of nitrogens with zero attached hydrogens (tertiary/aromatic N) is 2. The fraction of sp³-hybridized carbons (Fsp3) is 0.476. The van der Waals surface area contributed by atoms with Crippen LogP contribution >= 0.6 is 0 Å². The van der Waals surface area contributed by atoms with Gasteiger partial charge in [-0.1, -0.05) is 19.1 Å². The van der Waals surface area contributed by atoms with Gasteiger partial charge in [0.25, 0.3) is 5.91 Å². The Morgan fingerprint density at radius 2 is 2.04 bits per heavy atom. The topological polar surface area (TPSA) is 78.1 Å². The van der Waals surface area contributed by atoms with Crippen molar-refractivity contribution in [1.29, 1.82) is 0 Å². The number of aromatic amines is 1. The van der Waals surface area contributed by atoms with Crippen molar-refractivity contribution in [3.05, 3.63) is 41.2 Å². The highest BCUT2D eigenvalue weighted by Crippen LogP contribution is 2.44. The molecule has 1 aliphatic heterocycles. The first kappa shape index (κ1) is 17.8. The van der Waals surface area contributed by atoms with E-state index < -0.39 is 0 Å². The maximum atomic E-state index is 12.6. The third-order valence-electron chi connectivity index (χ3n) is 5.42. The number of aryl methyl sites for hydroxylation is 1. The van der Waals surface area contributed by atoms with Crippen LogP contribution < -0.4 is 5.32 Å². The number of carbonyl (C=O) groups excluding carboxylic acids is 2. The van der Waals surface area contributed by atoms with Crippen molar-refractivity contribution in [2.24, 2.45) is 0 Å². The van der Waals surface area contributed by atoms with Gasteiger partial charge in [0.1, 0.15) is 0 Å². The van der Waals surface area contributed by atoms with E-state index in [1.54, 1.807) is 0 Å². The maximum absolute atomic E-state index is 12.6. The quantitative estimate of drug-likeness (QED) is 0.825. The standard InChI is InChI=1S/C21H26N4O2/c1-3-10-25-12-17(11-18(25)26)22-21(27)16-8-4-14(5-9-16)19-13(2)23-24-20(19)15-6-7-15/h4-5,8-9,15,17H,3,6-7,10-12H2,1-2H3,(H,22,27)(H,23,24)/t17-/m1/s1. The summed E-state index contributed by atoms with van der Waals surface area (Å²) in [6.45, 7) is 5.45. The van der Waals surface area contributed by atoms with Crippen molar-refractivity contribution in [3.8, 4) is 11.1 Å². The van der Waals surface area contributed by atoms with Crippen molar-refractivity contribution in [2.75, 3.05) is 13.1 Å². The van der Waals surface area contributed by atoms with E-state index in [0.29, 0.717) is 24.4 Å². The molecule has 27 heavy (non-hydrogen) atoms. The van der Waals surface area contributed by atoms with E-state index in [2.05, 4.69) is 22.4 Å². The molecule has 4 rings (SSSR count). The summed E-state index contributed by atoms with van der Waals surface area (Å²) in [6.07, 6.45) is 3.73. The summed E-state index contributed by atoms with van der Waals surface area (Å²) in [5.74, 6) is 0.573. The number of hydrogen-bond acceptors (Lipinski definition) is 3. The highest BCUT2D eigenvalue weighted by atomic mass is 16.2. The van der Waals surface area contributed by atoms with Crippen molar-refractivity contribution < 1.29 is 9.59 Å². The Kier molecular flexibility index (Phi) is 4.72. The SMILES string of the molecule is CCCN1C[C@H](NC(=O)c2ccc(-c3c(C4CC4)n[nH]c3C)cc2)CC1=O. The van der Waals surface area contributed by atoms with Crippen LogP contribution in [0.2, 0.25) is 0 Å². The molecule has 2 amide bonds. The summed E-state index contributed by atoms with van der Waals surface area (Å²) in [5.41, 5.74) is 5.08. The molecule has 0 unspecified atom stereocenters. The first-order valence-electron chi connectivity index (χ1n) is 9.80. The molecule has 1 saturated carbocycles. The summed E-state index contributed by atoms with van der Waals surface area (Å²) in [7, 11) is 0. The lowest BCUT2D eigenvalue weighted by molar-refractivity contribution is -0.127. The van der Waals surface area contributed by atoms with Gasteiger partial charge >= 0.3 is 0 Å². The Balaban J connectivity index is 1.44. The molecule has 1 aliphatic carbocycles. The minimum atomic E-state index is -0.121. The minimum absolute atomic E-state index is 0.103. The van der Waals surface area contributed by atoms with Crippen LogP contribution in [0, 0.1) is 6.92 Å². The number of rotatable bonds is 6. The van der Waals surface area contributed by atoms with Crippen molar-refractivity contribution in [2.45, 2.75) is 51.5 Å². The molecule has 6 nitrogen and oxygen atoms in total. The molecule has 0 radical (unpaired) electrons. The molecule has 142 valence electrons. The van der Waals surface area contributed by atoms with Gasteiger partial charge in [0.2, 0.25) is 5.91 Å². The second-order valence-corrected chi connectivity index (χ2v) is 7.67. The molecule has 1 aromatic carbocycles. The number of nitrogens with one attached hydrogen (secondary N) is 2. The Morgan fingerprint density at radius 3 is 2.70 bits per heavy atom. The first-order valence-corrected chi connectivity index (χ1v) is 9.80. The molecule has 2 N–H and O–H groups in total. The average molecular weight is 366 g/mol. The highest BCUT2D eigenvalue weighted by molar-refractivity contribution is 5.95. The number of likely N-dealkylation sites (tertiary alicyclic amines) is 1. The van der Waals surface area contributed by atoms with E-state index in [4.69, 9.17) is 0 Å². The van der Waals surface area contributed by atoms with Crippen LogP contribution in [0.5, 0.6) is 0 Å². The lowest BCUT2D eigenvalue weighted by atomic mass is 10.00. The largest absolute Gasteiger partial charge is 0.347 e. The molecule has 1 saturated heterocycles. The zero-order valence-corrected chi connectivity index (χ0v) is 15.9. The molecule has 0 spiro atoms. The molecular weight excluding hydrogens is 340 g/mol. The first-order chi connectivity index (χ1) is 13.1. The second kappa shape index (κ2) is 7.18. The van der Waals surface area contributed by atoms with E-state index in [9.17, 15) is 9.59 Å². The Bertz CT molecular complexity index is 852. The molecule has 6 heteroatoms. The van der Waals surface area contributed by atoms with Gasteiger partial charge in [0.15, 0.2) is 0 Å². The Labute approximate surface area is 159 Å². The van der Waals surface area contributed by atoms with Crippen LogP contribution in [0.3, 0.4) is 0 Å². The molecule has 1 atom stereocenters. The van der Waals surface area contributed by atoms with Crippen LogP contribution in [0.25, 0.3) is 11.1 Å². The minimum Gasteiger partial charge on any atom is -0.347 e. The van der Waals surface area contributed by atoms with Gasteiger partial charge in [0.05, 0.1) is 11.7 Å². The molecule has 2 aliphatic rings. The smallest absolute Gasteiger partial charge is 0.251 e. The average Bonchev–Trinajstić information content (AvgIpc) is 3.35. The van der Waals surface area contributed by atoms with Crippen LogP contribution in [-0.4, -0.2) is 46.0 Å². The highest BCUT2D eigenvalue weighted by Gasteiger charge is 2.31. The lowest BCUT2D eigenvalue weighted by Crippen LogP contribution is -2.37. The number of H-pyrrole nitrogens is 1. The molecule has 2 fully saturated rings. The Hall–Kier alpha value is -2.63. The number of carbonyl (C=O) groups is 2. The summed E-state index contributed by atoms with van der Waals surface area (Å²) in [5, 5.41) is 10.6. The van der Waals surface area contributed by atoms with Crippen LogP contribution in [0.4, 0.5) is 0 Å². The molecule has 2 aromatic rings. The van der Waals surface area contributed by atoms with Crippen molar-refractivity contribution in [3.63, 3.8) is 0 Å². The normalized spacial score (nSPS) is 19.6. The van der Waals surface area contributed by atoms with Gasteiger partial charge in [-0.2, -0.15) is 5.10 Å². The Morgan fingerprint density at radius 1 is 1.30 bits per heavy atom. The van der Waals surface area contributed by atoms with Gasteiger partial charge < -0.3 is 10.2 Å². The maximum Gasteiger partial charge on any atom is 0.251 e. The van der Waals surface area contributed by atoms with Crippen LogP contribution in [0.1, 0.15) is 60.3 Å². The number of aromatic nitrogens is 2. The van der Waals surface area contributed by atoms with Gasteiger partial charge in [-0.3, -0.25) is 14.7 Å². The van der Waals surface area contributed by atoms with Crippen LogP contribution in [0.15, 0.2) is 24.3 Å². The second-order valence-electron chi connectivity index (χ2n) is 7.67. The van der Waals surface area contributed by atoms with Gasteiger partial charge in [-0.05, 0) is 43.9 Å². The van der Waals surface area contributed by atoms with E-state index in [1.807, 2.05) is 36.1 Å². The third kappa shape index (κ3) is 3.61. The van der Waals surface area contributed by atoms with Gasteiger partial charge in [-0.25, -0.2) is 0 Å². The fourth-order valence-corrected chi connectivity index (χ4v) is 3.88. The summed E-state index contributed by atoms with van der Waals surface area (Å²) in [6, 6.07) is 7.58. The van der Waals surface area contributed by atoms with E-state index in [1.165, 1.54) is 18.4 Å². The van der Waals surface area contributed by atoms with Crippen molar-refractivity contribution >= 4 is 11.8 Å². The zero-order chi connectivity index (χ0) is 19.0. The summed E-state index contributed by atoms with van der Waals surface area (Å²) in [4.78, 5) is 26.3. The monoisotopic (exact) mass is 366 g/mol. The molecular formula is C21H26N4O2. The number of hydrogen-bond donors (Lipinski definition) is 2. The van der Waals surface area contributed by atoms with E-state index in [-0.39, 0.29) is 17.9 Å². The molecule has 2 heterocycles. The van der Waals surface area contributed by atoms with Crippen molar-refractivity contribution in [1.82, 2.24) is 20.4 Å². The molecule has 0 bridgehead atoms. The predicted octanol–water partition coefficient (Wildman–Crippen LogP) is 3.00. The predicted molar refractivity (Wildman–Crippen MR) is 103 cm³/mol. The summed E-state index contributed by atoms with van der Waals surface area (Å²) >= 11 is 0. The van der Waals surface area contributed by atoms with Gasteiger partial charge in [0, 0.05) is 42.2 Å². The number of benzene rings is 1. The number of amides is 2. The van der Waals surface area contributed by atoms with E-state index in [0.717, 1.165) is 29.9 Å². The summed E-state index contributed by atoms with van der Waals surface area (Å²) < 4.78 is 0. The lowest BCUT2D eigenvalue weighted by Gasteiger charge is -2.16. The molecule has 1 aromatic heterocycles. The van der Waals surface area contributed by atoms with Crippen LogP contribution in [-0.2, 0) is 4.79 Å².